The normalized spacial score (nSPS) is 10.3. The van der Waals surface area contributed by atoms with Crippen LogP contribution in [0.15, 0.2) is 36.5 Å². The molecule has 0 amide bonds. The zero-order valence-electron chi connectivity index (χ0n) is 10.1. The Morgan fingerprint density at radius 3 is 2.83 bits per heavy atom. The summed E-state index contributed by atoms with van der Waals surface area (Å²) in [5.41, 5.74) is 1.26. The number of nitrogens with zero attached hydrogens (tertiary/aromatic N) is 1. The highest BCUT2D eigenvalue weighted by atomic mass is 16.5. The Bertz CT molecular complexity index is 592. The molecule has 1 aromatic carbocycles. The lowest BCUT2D eigenvalue weighted by atomic mass is 10.1. The summed E-state index contributed by atoms with van der Waals surface area (Å²) in [6.07, 6.45) is 1.25. The topological polar surface area (TPSA) is 56.3 Å². The molecule has 0 fully saturated rings. The molecule has 0 atom stereocenters. The van der Waals surface area contributed by atoms with E-state index in [2.05, 4.69) is 4.98 Å². The van der Waals surface area contributed by atoms with Gasteiger partial charge in [-0.2, -0.15) is 0 Å². The molecule has 4 heteroatoms. The number of Topliss-reactive ketones (excluding diaryl/α,β-unsaturated/α-hetero) is 1. The first-order chi connectivity index (χ1) is 8.70. The molecule has 0 aliphatic rings. The number of ether oxygens (including phenoxy) is 1. The first-order valence-electron chi connectivity index (χ1n) is 5.74. The van der Waals surface area contributed by atoms with Crippen LogP contribution in [-0.4, -0.2) is 23.3 Å². The molecule has 2 rings (SSSR count). The van der Waals surface area contributed by atoms with Crippen LogP contribution in [0.25, 0.3) is 10.9 Å². The van der Waals surface area contributed by atoms with Crippen LogP contribution in [0.5, 0.6) is 0 Å². The molecule has 0 radical (unpaired) electrons. The maximum Gasteiger partial charge on any atom is 0.313 e. The van der Waals surface area contributed by atoms with Crippen molar-refractivity contribution in [2.45, 2.75) is 13.3 Å². The molecule has 1 aromatic heterocycles. The lowest BCUT2D eigenvalue weighted by Gasteiger charge is -2.03. The molecule has 0 saturated heterocycles. The molecule has 1 heterocycles. The Kier molecular flexibility index (Phi) is 3.67. The Morgan fingerprint density at radius 1 is 1.28 bits per heavy atom. The van der Waals surface area contributed by atoms with Gasteiger partial charge < -0.3 is 4.74 Å². The van der Waals surface area contributed by atoms with Crippen LogP contribution in [0.3, 0.4) is 0 Å². The SMILES string of the molecule is CCOC(=O)CC(=O)c1cnc2ccccc2c1. The zero-order chi connectivity index (χ0) is 13.0. The number of hydrogen-bond donors (Lipinski definition) is 0. The van der Waals surface area contributed by atoms with Gasteiger partial charge in [0.05, 0.1) is 12.1 Å². The average Bonchev–Trinajstić information content (AvgIpc) is 2.38. The lowest BCUT2D eigenvalue weighted by Crippen LogP contribution is -2.11. The molecule has 0 bridgehead atoms. The van der Waals surface area contributed by atoms with E-state index in [9.17, 15) is 9.59 Å². The van der Waals surface area contributed by atoms with Gasteiger partial charge in [-0.25, -0.2) is 0 Å². The number of carbonyl (C=O) groups is 2. The molecule has 92 valence electrons. The van der Waals surface area contributed by atoms with Crippen molar-refractivity contribution in [3.05, 3.63) is 42.1 Å². The van der Waals surface area contributed by atoms with Crippen LogP contribution in [0.1, 0.15) is 23.7 Å². The number of carbonyl (C=O) groups excluding carboxylic acids is 2. The number of hydrogen-bond acceptors (Lipinski definition) is 4. The summed E-state index contributed by atoms with van der Waals surface area (Å²) in [5, 5.41) is 0.882. The summed E-state index contributed by atoms with van der Waals surface area (Å²) in [6.45, 7) is 1.99. The Morgan fingerprint density at radius 2 is 2.06 bits per heavy atom. The number of para-hydroxylation sites is 1. The molecule has 4 nitrogen and oxygen atoms in total. The smallest absolute Gasteiger partial charge is 0.313 e. The van der Waals surface area contributed by atoms with Gasteiger partial charge in [0.25, 0.3) is 0 Å². The molecule has 0 N–H and O–H groups in total. The van der Waals surface area contributed by atoms with Gasteiger partial charge in [0.2, 0.25) is 0 Å². The number of aromatic nitrogens is 1. The van der Waals surface area contributed by atoms with Crippen molar-refractivity contribution >= 4 is 22.7 Å². The Balaban J connectivity index is 2.20. The summed E-state index contributed by atoms with van der Waals surface area (Å²) >= 11 is 0. The van der Waals surface area contributed by atoms with E-state index in [1.165, 1.54) is 6.20 Å². The molecule has 0 unspecified atom stereocenters. The predicted molar refractivity (Wildman–Crippen MR) is 67.3 cm³/mol. The monoisotopic (exact) mass is 243 g/mol. The third kappa shape index (κ3) is 2.71. The van der Waals surface area contributed by atoms with Crippen LogP contribution in [0.4, 0.5) is 0 Å². The number of ketones is 1. The van der Waals surface area contributed by atoms with Crippen molar-refractivity contribution in [1.82, 2.24) is 4.98 Å². The fourth-order valence-corrected chi connectivity index (χ4v) is 1.67. The van der Waals surface area contributed by atoms with Crippen molar-refractivity contribution in [2.75, 3.05) is 6.61 Å². The van der Waals surface area contributed by atoms with Crippen LogP contribution >= 0.6 is 0 Å². The van der Waals surface area contributed by atoms with Crippen molar-refractivity contribution in [2.24, 2.45) is 0 Å². The minimum absolute atomic E-state index is 0.242. The maximum atomic E-state index is 11.8. The second kappa shape index (κ2) is 5.40. The maximum absolute atomic E-state index is 11.8. The van der Waals surface area contributed by atoms with Crippen molar-refractivity contribution in [3.8, 4) is 0 Å². The quantitative estimate of drug-likeness (QED) is 0.470. The summed E-state index contributed by atoms with van der Waals surface area (Å²) in [7, 11) is 0. The fourth-order valence-electron chi connectivity index (χ4n) is 1.67. The predicted octanol–water partition coefficient (Wildman–Crippen LogP) is 2.37. The Hall–Kier alpha value is -2.23. The van der Waals surface area contributed by atoms with Gasteiger partial charge >= 0.3 is 5.97 Å². The number of pyridine rings is 1. The molecule has 0 spiro atoms. The van der Waals surface area contributed by atoms with Crippen molar-refractivity contribution in [3.63, 3.8) is 0 Å². The van der Waals surface area contributed by atoms with Crippen LogP contribution in [-0.2, 0) is 9.53 Å². The van der Waals surface area contributed by atoms with E-state index in [4.69, 9.17) is 4.74 Å². The van der Waals surface area contributed by atoms with Gasteiger partial charge in [0.1, 0.15) is 6.42 Å². The number of esters is 1. The summed E-state index contributed by atoms with van der Waals surface area (Å²) in [5.74, 6) is -0.776. The van der Waals surface area contributed by atoms with E-state index in [0.717, 1.165) is 10.9 Å². The zero-order valence-corrected chi connectivity index (χ0v) is 10.1. The van der Waals surface area contributed by atoms with Crippen LogP contribution in [0, 0.1) is 0 Å². The van der Waals surface area contributed by atoms with E-state index in [-0.39, 0.29) is 18.8 Å². The second-order valence-corrected chi connectivity index (χ2v) is 3.82. The second-order valence-electron chi connectivity index (χ2n) is 3.82. The number of benzene rings is 1. The summed E-state index contributed by atoms with van der Waals surface area (Å²) in [4.78, 5) is 27.2. The van der Waals surface area contributed by atoms with E-state index in [1.807, 2.05) is 24.3 Å². The summed E-state index contributed by atoms with van der Waals surface area (Å²) in [6, 6.07) is 9.25. The number of rotatable bonds is 4. The Labute approximate surface area is 105 Å². The largest absolute Gasteiger partial charge is 0.466 e. The molecule has 2 aromatic rings. The molecular formula is C14H13NO3. The molecular weight excluding hydrogens is 230 g/mol. The highest BCUT2D eigenvalue weighted by Gasteiger charge is 2.13. The average molecular weight is 243 g/mol. The first-order valence-corrected chi connectivity index (χ1v) is 5.74. The van der Waals surface area contributed by atoms with Crippen molar-refractivity contribution in [1.29, 1.82) is 0 Å². The summed E-state index contributed by atoms with van der Waals surface area (Å²) < 4.78 is 4.74. The van der Waals surface area contributed by atoms with E-state index in [0.29, 0.717) is 5.56 Å². The highest BCUT2D eigenvalue weighted by molar-refractivity contribution is 6.07. The van der Waals surface area contributed by atoms with Crippen molar-refractivity contribution < 1.29 is 14.3 Å². The fraction of sp³-hybridized carbons (Fsp3) is 0.214. The minimum Gasteiger partial charge on any atom is -0.466 e. The minimum atomic E-state index is -0.504. The molecule has 0 aliphatic heterocycles. The first kappa shape index (κ1) is 12.2. The van der Waals surface area contributed by atoms with Gasteiger partial charge in [-0.1, -0.05) is 18.2 Å². The van der Waals surface area contributed by atoms with Gasteiger partial charge in [0.15, 0.2) is 5.78 Å². The van der Waals surface area contributed by atoms with E-state index in [1.54, 1.807) is 13.0 Å². The molecule has 18 heavy (non-hydrogen) atoms. The third-order valence-electron chi connectivity index (χ3n) is 2.52. The van der Waals surface area contributed by atoms with Gasteiger partial charge in [-0.15, -0.1) is 0 Å². The number of fused-ring (bicyclic) bond motifs is 1. The van der Waals surface area contributed by atoms with Gasteiger partial charge in [0, 0.05) is 17.1 Å². The van der Waals surface area contributed by atoms with E-state index >= 15 is 0 Å². The molecule has 0 saturated carbocycles. The highest BCUT2D eigenvalue weighted by Crippen LogP contribution is 2.14. The van der Waals surface area contributed by atoms with Gasteiger partial charge in [-0.05, 0) is 19.1 Å². The van der Waals surface area contributed by atoms with E-state index < -0.39 is 5.97 Å². The third-order valence-corrected chi connectivity index (χ3v) is 2.52. The lowest BCUT2D eigenvalue weighted by molar-refractivity contribution is -0.141. The standard InChI is InChI=1S/C14H13NO3/c1-2-18-14(17)8-13(16)11-7-10-5-3-4-6-12(10)15-9-11/h3-7,9H,2,8H2,1H3. The van der Waals surface area contributed by atoms with Crippen LogP contribution in [0.2, 0.25) is 0 Å². The van der Waals surface area contributed by atoms with Gasteiger partial charge in [-0.3, -0.25) is 14.6 Å². The molecule has 0 aliphatic carbocycles. The van der Waals surface area contributed by atoms with Crippen LogP contribution < -0.4 is 0 Å².